The Morgan fingerprint density at radius 3 is 2.38 bits per heavy atom. The van der Waals surface area contributed by atoms with Gasteiger partial charge in [-0.05, 0) is 24.2 Å². The fraction of sp³-hybridized carbons (Fsp3) is 0.867. The maximum Gasteiger partial charge on any atom is 0.329 e. The third-order valence-corrected chi connectivity index (χ3v) is 4.43. The number of ether oxygens (including phenoxy) is 1. The van der Waals surface area contributed by atoms with Crippen LogP contribution in [0.3, 0.4) is 0 Å². The zero-order valence-electron chi connectivity index (χ0n) is 13.5. The van der Waals surface area contributed by atoms with Crippen LogP contribution in [-0.2, 0) is 9.53 Å². The third kappa shape index (κ3) is 5.91. The van der Waals surface area contributed by atoms with Crippen LogP contribution in [0.1, 0.15) is 40.5 Å². The van der Waals surface area contributed by atoms with Gasteiger partial charge in [0, 0.05) is 19.6 Å². The number of aliphatic carboxylic acids is 1. The predicted molar refractivity (Wildman–Crippen MR) is 80.2 cm³/mol. The molecule has 21 heavy (non-hydrogen) atoms. The van der Waals surface area contributed by atoms with E-state index < -0.39 is 5.97 Å². The van der Waals surface area contributed by atoms with Crippen LogP contribution in [0.5, 0.6) is 0 Å². The monoisotopic (exact) mass is 300 g/mol. The highest BCUT2D eigenvalue weighted by molar-refractivity contribution is 5.74. The summed E-state index contributed by atoms with van der Waals surface area (Å²) in [5.74, 6) is -0.459. The fourth-order valence-electron chi connectivity index (χ4n) is 2.03. The maximum absolute atomic E-state index is 12.1. The first-order valence-corrected chi connectivity index (χ1v) is 7.58. The molecule has 1 fully saturated rings. The van der Waals surface area contributed by atoms with Gasteiger partial charge in [-0.1, -0.05) is 27.7 Å². The number of carboxylic acids is 1. The number of urea groups is 1. The molecule has 0 atom stereocenters. The van der Waals surface area contributed by atoms with Crippen molar-refractivity contribution in [3.8, 4) is 0 Å². The Labute approximate surface area is 126 Å². The van der Waals surface area contributed by atoms with E-state index in [1.54, 1.807) is 4.90 Å². The van der Waals surface area contributed by atoms with Crippen molar-refractivity contribution in [3.05, 3.63) is 0 Å². The third-order valence-electron chi connectivity index (χ3n) is 4.43. The van der Waals surface area contributed by atoms with Crippen LogP contribution >= 0.6 is 0 Å². The topological polar surface area (TPSA) is 78.9 Å². The SMILES string of the molecule is CC(C)C(C)(C)CNC(=O)N1CCC(OCC(=O)O)CC1. The number of hydrogen-bond donors (Lipinski definition) is 2. The number of piperidine rings is 1. The highest BCUT2D eigenvalue weighted by Gasteiger charge is 2.27. The summed E-state index contributed by atoms with van der Waals surface area (Å²) in [4.78, 5) is 24.3. The Morgan fingerprint density at radius 2 is 1.90 bits per heavy atom. The van der Waals surface area contributed by atoms with Crippen molar-refractivity contribution >= 4 is 12.0 Å². The second kappa shape index (κ2) is 7.64. The van der Waals surface area contributed by atoms with Gasteiger partial charge in [-0.15, -0.1) is 0 Å². The molecule has 0 unspecified atom stereocenters. The van der Waals surface area contributed by atoms with Crippen LogP contribution < -0.4 is 5.32 Å². The molecule has 1 saturated heterocycles. The lowest BCUT2D eigenvalue weighted by molar-refractivity contribution is -0.145. The van der Waals surface area contributed by atoms with E-state index in [2.05, 4.69) is 33.0 Å². The average molecular weight is 300 g/mol. The summed E-state index contributed by atoms with van der Waals surface area (Å²) < 4.78 is 5.26. The molecule has 1 aliphatic heterocycles. The molecule has 6 heteroatoms. The van der Waals surface area contributed by atoms with E-state index in [1.165, 1.54) is 0 Å². The Balaban J connectivity index is 2.30. The van der Waals surface area contributed by atoms with E-state index >= 15 is 0 Å². The summed E-state index contributed by atoms with van der Waals surface area (Å²) in [5.41, 5.74) is 0.0680. The molecule has 1 aliphatic rings. The zero-order chi connectivity index (χ0) is 16.0. The number of amides is 2. The van der Waals surface area contributed by atoms with Gasteiger partial charge >= 0.3 is 12.0 Å². The molecule has 6 nitrogen and oxygen atoms in total. The fourth-order valence-corrected chi connectivity index (χ4v) is 2.03. The summed E-state index contributed by atoms with van der Waals surface area (Å²) in [6.07, 6.45) is 1.32. The summed E-state index contributed by atoms with van der Waals surface area (Å²) >= 11 is 0. The van der Waals surface area contributed by atoms with Crippen LogP contribution in [-0.4, -0.2) is 54.4 Å². The van der Waals surface area contributed by atoms with E-state index in [4.69, 9.17) is 9.84 Å². The van der Waals surface area contributed by atoms with Crippen LogP contribution in [0, 0.1) is 11.3 Å². The molecule has 0 aliphatic carbocycles. The quantitative estimate of drug-likeness (QED) is 0.786. The summed E-state index contributed by atoms with van der Waals surface area (Å²) in [5, 5.41) is 11.6. The van der Waals surface area contributed by atoms with Gasteiger partial charge in [0.25, 0.3) is 0 Å². The smallest absolute Gasteiger partial charge is 0.329 e. The average Bonchev–Trinajstić information content (AvgIpc) is 2.43. The van der Waals surface area contributed by atoms with Gasteiger partial charge < -0.3 is 20.1 Å². The first kappa shape index (κ1) is 17.8. The number of carboxylic acid groups (broad SMARTS) is 1. The Hall–Kier alpha value is -1.30. The Bertz CT molecular complexity index is 361. The minimum absolute atomic E-state index is 0.0413. The van der Waals surface area contributed by atoms with Crippen molar-refractivity contribution in [1.82, 2.24) is 10.2 Å². The van der Waals surface area contributed by atoms with Gasteiger partial charge in [-0.3, -0.25) is 0 Å². The van der Waals surface area contributed by atoms with Gasteiger partial charge in [-0.25, -0.2) is 9.59 Å². The number of carbonyl (C=O) groups is 2. The lowest BCUT2D eigenvalue weighted by Gasteiger charge is -2.34. The van der Waals surface area contributed by atoms with Gasteiger partial charge in [0.2, 0.25) is 0 Å². The zero-order valence-corrected chi connectivity index (χ0v) is 13.5. The minimum atomic E-state index is -0.953. The summed E-state index contributed by atoms with van der Waals surface area (Å²) in [7, 11) is 0. The lowest BCUT2D eigenvalue weighted by Crippen LogP contribution is -2.48. The Kier molecular flexibility index (Phi) is 6.45. The molecule has 122 valence electrons. The van der Waals surface area contributed by atoms with Gasteiger partial charge in [-0.2, -0.15) is 0 Å². The standard InChI is InChI=1S/C15H28N2O4/c1-11(2)15(3,4)10-16-14(20)17-7-5-12(6-8-17)21-9-13(18)19/h11-12H,5-10H2,1-4H3,(H,16,20)(H,18,19). The van der Waals surface area contributed by atoms with Crippen molar-refractivity contribution in [1.29, 1.82) is 0 Å². The molecule has 0 aromatic rings. The number of likely N-dealkylation sites (tertiary alicyclic amines) is 1. The molecule has 0 saturated carbocycles. The lowest BCUT2D eigenvalue weighted by atomic mass is 9.81. The van der Waals surface area contributed by atoms with Crippen molar-refractivity contribution in [3.63, 3.8) is 0 Å². The number of nitrogens with zero attached hydrogens (tertiary/aromatic N) is 1. The van der Waals surface area contributed by atoms with Crippen molar-refractivity contribution < 1.29 is 19.4 Å². The normalized spacial score (nSPS) is 17.1. The predicted octanol–water partition coefficient (Wildman–Crippen LogP) is 1.94. The number of rotatable bonds is 6. The molecule has 1 rings (SSSR count). The van der Waals surface area contributed by atoms with E-state index in [0.29, 0.717) is 38.4 Å². The highest BCUT2D eigenvalue weighted by atomic mass is 16.5. The molecule has 0 aromatic carbocycles. The molecule has 2 amide bonds. The number of nitrogens with one attached hydrogen (secondary N) is 1. The molecule has 0 bridgehead atoms. The molecule has 2 N–H and O–H groups in total. The summed E-state index contributed by atoms with van der Waals surface area (Å²) in [6.45, 7) is 10.2. The van der Waals surface area contributed by atoms with Crippen LogP contribution in [0.15, 0.2) is 0 Å². The van der Waals surface area contributed by atoms with Crippen LogP contribution in [0.4, 0.5) is 4.79 Å². The van der Waals surface area contributed by atoms with Crippen molar-refractivity contribution in [2.45, 2.75) is 46.6 Å². The summed E-state index contributed by atoms with van der Waals surface area (Å²) in [6, 6.07) is -0.0413. The molecule has 0 spiro atoms. The number of carbonyl (C=O) groups excluding carboxylic acids is 1. The maximum atomic E-state index is 12.1. The van der Waals surface area contributed by atoms with Crippen LogP contribution in [0.25, 0.3) is 0 Å². The highest BCUT2D eigenvalue weighted by Crippen LogP contribution is 2.24. The van der Waals surface area contributed by atoms with Crippen molar-refractivity contribution in [2.24, 2.45) is 11.3 Å². The minimum Gasteiger partial charge on any atom is -0.480 e. The van der Waals surface area contributed by atoms with E-state index in [0.717, 1.165) is 0 Å². The number of hydrogen-bond acceptors (Lipinski definition) is 3. The molecular weight excluding hydrogens is 272 g/mol. The molecule has 0 aromatic heterocycles. The van der Waals surface area contributed by atoms with Gasteiger partial charge in [0.15, 0.2) is 0 Å². The Morgan fingerprint density at radius 1 is 1.33 bits per heavy atom. The van der Waals surface area contributed by atoms with Crippen molar-refractivity contribution in [2.75, 3.05) is 26.2 Å². The second-order valence-corrected chi connectivity index (χ2v) is 6.69. The van der Waals surface area contributed by atoms with Crippen LogP contribution in [0.2, 0.25) is 0 Å². The van der Waals surface area contributed by atoms with E-state index in [1.807, 2.05) is 0 Å². The molecular formula is C15H28N2O4. The van der Waals surface area contributed by atoms with Gasteiger partial charge in [0.05, 0.1) is 6.10 Å². The molecule has 0 radical (unpaired) electrons. The largest absolute Gasteiger partial charge is 0.480 e. The molecule has 1 heterocycles. The van der Waals surface area contributed by atoms with E-state index in [9.17, 15) is 9.59 Å². The van der Waals surface area contributed by atoms with E-state index in [-0.39, 0.29) is 24.2 Å². The second-order valence-electron chi connectivity index (χ2n) is 6.69. The first-order valence-electron chi connectivity index (χ1n) is 7.58. The van der Waals surface area contributed by atoms with Gasteiger partial charge in [0.1, 0.15) is 6.61 Å². The first-order chi connectivity index (χ1) is 9.72.